The number of anilines is 1. The molecule has 1 aliphatic rings. The molecule has 0 saturated carbocycles. The Morgan fingerprint density at radius 1 is 1.39 bits per heavy atom. The molecule has 0 bridgehead atoms. The van der Waals surface area contributed by atoms with E-state index >= 15 is 0 Å². The van der Waals surface area contributed by atoms with Gasteiger partial charge in [-0.25, -0.2) is 0 Å². The smallest absolute Gasteiger partial charge is 0.122 e. The number of amidine groups is 1. The van der Waals surface area contributed by atoms with Gasteiger partial charge in [-0.2, -0.15) is 0 Å². The third kappa shape index (κ3) is 2.64. The summed E-state index contributed by atoms with van der Waals surface area (Å²) in [6.45, 7) is 3.76. The summed E-state index contributed by atoms with van der Waals surface area (Å²) in [5, 5.41) is 7.45. The van der Waals surface area contributed by atoms with Crippen molar-refractivity contribution in [2.75, 3.05) is 25.2 Å². The summed E-state index contributed by atoms with van der Waals surface area (Å²) < 4.78 is 5.40. The average molecular weight is 247 g/mol. The topological polar surface area (TPSA) is 62.3 Å². The van der Waals surface area contributed by atoms with Crippen LogP contribution in [0.25, 0.3) is 0 Å². The van der Waals surface area contributed by atoms with E-state index < -0.39 is 0 Å². The van der Waals surface area contributed by atoms with E-state index in [1.54, 1.807) is 0 Å². The number of aryl methyl sites for hydroxylation is 1. The minimum atomic E-state index is 0.123. The van der Waals surface area contributed by atoms with Gasteiger partial charge in [0.1, 0.15) is 5.84 Å². The Morgan fingerprint density at radius 3 is 2.61 bits per heavy atom. The molecule has 98 valence electrons. The van der Waals surface area contributed by atoms with Crippen LogP contribution in [0, 0.1) is 12.3 Å². The van der Waals surface area contributed by atoms with Crippen LogP contribution in [0.2, 0.25) is 0 Å². The number of hydrogen-bond donors (Lipinski definition) is 2. The van der Waals surface area contributed by atoms with E-state index in [-0.39, 0.29) is 5.84 Å². The Labute approximate surface area is 108 Å². The van der Waals surface area contributed by atoms with E-state index in [2.05, 4.69) is 24.9 Å². The lowest BCUT2D eigenvalue weighted by Gasteiger charge is -2.34. The predicted octanol–water partition coefficient (Wildman–Crippen LogP) is 1.89. The molecule has 0 radical (unpaired) electrons. The van der Waals surface area contributed by atoms with E-state index in [0.717, 1.165) is 37.2 Å². The molecule has 2 rings (SSSR count). The quantitative estimate of drug-likeness (QED) is 0.633. The van der Waals surface area contributed by atoms with E-state index in [1.165, 1.54) is 5.69 Å². The Kier molecular flexibility index (Phi) is 3.87. The van der Waals surface area contributed by atoms with Crippen LogP contribution in [0.3, 0.4) is 0 Å². The van der Waals surface area contributed by atoms with Crippen LogP contribution in [-0.2, 0) is 4.74 Å². The van der Waals surface area contributed by atoms with Crippen LogP contribution in [-0.4, -0.2) is 32.1 Å². The minimum absolute atomic E-state index is 0.123. The molecule has 0 spiro atoms. The van der Waals surface area contributed by atoms with Gasteiger partial charge in [0.25, 0.3) is 0 Å². The SMILES string of the molecule is Cc1cc(C(=N)N)ccc1N(C)C1CCOCC1. The van der Waals surface area contributed by atoms with Crippen LogP contribution in [0.15, 0.2) is 18.2 Å². The van der Waals surface area contributed by atoms with Gasteiger partial charge in [-0.05, 0) is 43.5 Å². The lowest BCUT2D eigenvalue weighted by Crippen LogP contribution is -2.37. The molecule has 3 N–H and O–H groups in total. The second-order valence-corrected chi connectivity index (χ2v) is 4.87. The van der Waals surface area contributed by atoms with Gasteiger partial charge in [-0.15, -0.1) is 0 Å². The van der Waals surface area contributed by atoms with Gasteiger partial charge in [-0.3, -0.25) is 5.41 Å². The van der Waals surface area contributed by atoms with Crippen LogP contribution in [0.4, 0.5) is 5.69 Å². The zero-order valence-corrected chi connectivity index (χ0v) is 11.1. The molecular weight excluding hydrogens is 226 g/mol. The highest BCUT2D eigenvalue weighted by Crippen LogP contribution is 2.25. The van der Waals surface area contributed by atoms with Crippen molar-refractivity contribution in [3.05, 3.63) is 29.3 Å². The number of ether oxygens (including phenoxy) is 1. The van der Waals surface area contributed by atoms with E-state index in [0.29, 0.717) is 6.04 Å². The second-order valence-electron chi connectivity index (χ2n) is 4.87. The van der Waals surface area contributed by atoms with Crippen LogP contribution >= 0.6 is 0 Å². The molecule has 4 heteroatoms. The predicted molar refractivity (Wildman–Crippen MR) is 74.4 cm³/mol. The molecule has 1 aromatic rings. The molecule has 0 aliphatic carbocycles. The van der Waals surface area contributed by atoms with Crippen molar-refractivity contribution >= 4 is 11.5 Å². The molecule has 1 aromatic carbocycles. The van der Waals surface area contributed by atoms with Gasteiger partial charge in [0.05, 0.1) is 0 Å². The Balaban J connectivity index is 2.19. The highest BCUT2D eigenvalue weighted by atomic mass is 16.5. The lowest BCUT2D eigenvalue weighted by atomic mass is 10.0. The van der Waals surface area contributed by atoms with Crippen molar-refractivity contribution in [3.8, 4) is 0 Å². The first kappa shape index (κ1) is 12.9. The summed E-state index contributed by atoms with van der Waals surface area (Å²) in [6, 6.07) is 6.50. The average Bonchev–Trinajstić information content (AvgIpc) is 2.38. The molecular formula is C14H21N3O. The summed E-state index contributed by atoms with van der Waals surface area (Å²) in [7, 11) is 2.13. The van der Waals surface area contributed by atoms with Crippen molar-refractivity contribution in [1.29, 1.82) is 5.41 Å². The Morgan fingerprint density at radius 2 is 2.06 bits per heavy atom. The molecule has 0 aromatic heterocycles. The first-order chi connectivity index (χ1) is 8.59. The molecule has 1 aliphatic heterocycles. The first-order valence-electron chi connectivity index (χ1n) is 6.35. The fourth-order valence-corrected chi connectivity index (χ4v) is 2.49. The first-order valence-corrected chi connectivity index (χ1v) is 6.35. The number of nitrogen functional groups attached to an aromatic ring is 1. The normalized spacial score (nSPS) is 16.6. The third-order valence-electron chi connectivity index (χ3n) is 3.63. The summed E-state index contributed by atoms with van der Waals surface area (Å²) in [4.78, 5) is 2.32. The molecule has 0 unspecified atom stereocenters. The highest BCUT2D eigenvalue weighted by molar-refractivity contribution is 5.95. The molecule has 0 amide bonds. The van der Waals surface area contributed by atoms with E-state index in [9.17, 15) is 0 Å². The fourth-order valence-electron chi connectivity index (χ4n) is 2.49. The monoisotopic (exact) mass is 247 g/mol. The van der Waals surface area contributed by atoms with Crippen molar-refractivity contribution in [1.82, 2.24) is 0 Å². The zero-order valence-electron chi connectivity index (χ0n) is 11.1. The largest absolute Gasteiger partial charge is 0.384 e. The van der Waals surface area contributed by atoms with Crippen molar-refractivity contribution in [2.24, 2.45) is 5.73 Å². The van der Waals surface area contributed by atoms with Crippen molar-refractivity contribution in [3.63, 3.8) is 0 Å². The standard InChI is InChI=1S/C14H21N3O/c1-10-9-11(14(15)16)3-4-13(10)17(2)12-5-7-18-8-6-12/h3-4,9,12H,5-8H2,1-2H3,(H3,15,16). The fraction of sp³-hybridized carbons (Fsp3) is 0.500. The lowest BCUT2D eigenvalue weighted by molar-refractivity contribution is 0.0854. The Hall–Kier alpha value is -1.55. The number of nitrogens with zero attached hydrogens (tertiary/aromatic N) is 1. The number of nitrogens with one attached hydrogen (secondary N) is 1. The summed E-state index contributed by atoms with van der Waals surface area (Å²) in [6.07, 6.45) is 2.15. The van der Waals surface area contributed by atoms with Gasteiger partial charge in [0, 0.05) is 37.6 Å². The maximum Gasteiger partial charge on any atom is 0.122 e. The molecule has 1 saturated heterocycles. The van der Waals surface area contributed by atoms with Gasteiger partial charge in [0.2, 0.25) is 0 Å². The minimum Gasteiger partial charge on any atom is -0.384 e. The second kappa shape index (κ2) is 5.40. The molecule has 18 heavy (non-hydrogen) atoms. The molecule has 1 heterocycles. The van der Waals surface area contributed by atoms with Crippen molar-refractivity contribution < 1.29 is 4.74 Å². The summed E-state index contributed by atoms with van der Waals surface area (Å²) >= 11 is 0. The maximum absolute atomic E-state index is 7.45. The van der Waals surface area contributed by atoms with Gasteiger partial charge in [0.15, 0.2) is 0 Å². The van der Waals surface area contributed by atoms with Gasteiger partial charge >= 0.3 is 0 Å². The van der Waals surface area contributed by atoms with E-state index in [4.69, 9.17) is 15.9 Å². The van der Waals surface area contributed by atoms with Crippen LogP contribution in [0.5, 0.6) is 0 Å². The molecule has 0 atom stereocenters. The number of rotatable bonds is 3. The maximum atomic E-state index is 7.45. The Bertz CT molecular complexity index is 439. The van der Waals surface area contributed by atoms with E-state index in [1.807, 2.05) is 12.1 Å². The molecule has 4 nitrogen and oxygen atoms in total. The van der Waals surface area contributed by atoms with Gasteiger partial charge < -0.3 is 15.4 Å². The number of nitrogens with two attached hydrogens (primary N) is 1. The summed E-state index contributed by atoms with van der Waals surface area (Å²) in [5.41, 5.74) is 8.67. The summed E-state index contributed by atoms with van der Waals surface area (Å²) in [5.74, 6) is 0.123. The molecule has 1 fully saturated rings. The third-order valence-corrected chi connectivity index (χ3v) is 3.63. The number of hydrogen-bond acceptors (Lipinski definition) is 3. The van der Waals surface area contributed by atoms with Crippen LogP contribution in [0.1, 0.15) is 24.0 Å². The van der Waals surface area contributed by atoms with Gasteiger partial charge in [-0.1, -0.05) is 0 Å². The number of benzene rings is 1. The zero-order chi connectivity index (χ0) is 13.1. The van der Waals surface area contributed by atoms with Crippen molar-refractivity contribution in [2.45, 2.75) is 25.8 Å². The highest BCUT2D eigenvalue weighted by Gasteiger charge is 2.19. The van der Waals surface area contributed by atoms with Crippen LogP contribution < -0.4 is 10.6 Å².